The number of nitrogens with zero attached hydrogens (tertiary/aromatic N) is 1. The van der Waals surface area contributed by atoms with Crippen molar-refractivity contribution in [2.24, 2.45) is 0 Å². The first-order valence-corrected chi connectivity index (χ1v) is 6.72. The highest BCUT2D eigenvalue weighted by Crippen LogP contribution is 2.24. The Morgan fingerprint density at radius 2 is 1.90 bits per heavy atom. The van der Waals surface area contributed by atoms with Gasteiger partial charge in [-0.05, 0) is 59.4 Å². The second-order valence-corrected chi connectivity index (χ2v) is 5.05. The van der Waals surface area contributed by atoms with Gasteiger partial charge in [-0.25, -0.2) is 9.78 Å². The zero-order valence-corrected chi connectivity index (χ0v) is 12.0. The van der Waals surface area contributed by atoms with E-state index in [0.29, 0.717) is 5.92 Å². The largest absolute Gasteiger partial charge is 0.490 e. The first kappa shape index (κ1) is 16.9. The van der Waals surface area contributed by atoms with E-state index in [1.807, 2.05) is 12.3 Å². The van der Waals surface area contributed by atoms with Gasteiger partial charge in [0, 0.05) is 6.20 Å². The maximum atomic E-state index is 10.6. The van der Waals surface area contributed by atoms with E-state index in [2.05, 4.69) is 32.3 Å². The Bertz CT molecular complexity index is 431. The zero-order chi connectivity index (χ0) is 15.2. The Morgan fingerprint density at radius 3 is 2.30 bits per heavy atom. The number of carbonyl (C=O) groups is 1. The minimum Gasteiger partial charge on any atom is -0.475 e. The van der Waals surface area contributed by atoms with Crippen LogP contribution in [0.15, 0.2) is 22.9 Å². The highest BCUT2D eigenvalue weighted by molar-refractivity contribution is 9.10. The molecule has 4 nitrogen and oxygen atoms in total. The lowest BCUT2D eigenvalue weighted by Gasteiger charge is -2.22. The number of carboxylic acids is 1. The van der Waals surface area contributed by atoms with Gasteiger partial charge in [-0.2, -0.15) is 13.2 Å². The van der Waals surface area contributed by atoms with Gasteiger partial charge >= 0.3 is 12.1 Å². The number of nitrogens with one attached hydrogen (secondary N) is 1. The average Bonchev–Trinajstić information content (AvgIpc) is 2.40. The predicted octanol–water partition coefficient (Wildman–Crippen LogP) is 2.94. The third kappa shape index (κ3) is 5.87. The van der Waals surface area contributed by atoms with Gasteiger partial charge in [0.15, 0.2) is 0 Å². The highest BCUT2D eigenvalue weighted by Gasteiger charge is 2.38. The molecule has 1 aromatic rings. The van der Waals surface area contributed by atoms with Crippen LogP contribution in [0, 0.1) is 0 Å². The van der Waals surface area contributed by atoms with Crippen LogP contribution < -0.4 is 5.32 Å². The number of piperidine rings is 1. The summed E-state index contributed by atoms with van der Waals surface area (Å²) in [5.41, 5.74) is 1.38. The number of halogens is 4. The van der Waals surface area contributed by atoms with Crippen molar-refractivity contribution >= 4 is 21.9 Å². The summed E-state index contributed by atoms with van der Waals surface area (Å²) in [6.07, 6.45) is -0.618. The van der Waals surface area contributed by atoms with Crippen molar-refractivity contribution in [3.8, 4) is 0 Å². The number of carboxylic acid groups (broad SMARTS) is 1. The summed E-state index contributed by atoms with van der Waals surface area (Å²) in [4.78, 5) is 13.1. The zero-order valence-electron chi connectivity index (χ0n) is 10.5. The second-order valence-electron chi connectivity index (χ2n) is 4.24. The number of aromatic nitrogens is 1. The third-order valence-electron chi connectivity index (χ3n) is 2.80. The fourth-order valence-electron chi connectivity index (χ4n) is 1.78. The van der Waals surface area contributed by atoms with Crippen LogP contribution in [-0.2, 0) is 4.79 Å². The van der Waals surface area contributed by atoms with Crippen molar-refractivity contribution in [1.82, 2.24) is 10.3 Å². The number of hydrogen-bond donors (Lipinski definition) is 2. The van der Waals surface area contributed by atoms with Crippen LogP contribution in [-0.4, -0.2) is 35.3 Å². The van der Waals surface area contributed by atoms with Gasteiger partial charge in [0.2, 0.25) is 0 Å². The molecule has 1 aliphatic heterocycles. The molecular formula is C12H14BrF3N2O2. The monoisotopic (exact) mass is 354 g/mol. The van der Waals surface area contributed by atoms with Crippen molar-refractivity contribution in [3.05, 3.63) is 28.5 Å². The number of aliphatic carboxylic acids is 1. The quantitative estimate of drug-likeness (QED) is 0.761. The number of pyridine rings is 1. The maximum absolute atomic E-state index is 10.6. The molecule has 8 heteroatoms. The molecule has 1 fully saturated rings. The summed E-state index contributed by atoms with van der Waals surface area (Å²) >= 11 is 3.35. The maximum Gasteiger partial charge on any atom is 0.490 e. The molecule has 1 aromatic heterocycles. The minimum atomic E-state index is -5.08. The predicted molar refractivity (Wildman–Crippen MR) is 70.5 cm³/mol. The molecule has 2 heterocycles. The number of alkyl halides is 3. The molecule has 2 N–H and O–H groups in total. The molecule has 0 aliphatic carbocycles. The molecule has 20 heavy (non-hydrogen) atoms. The number of hydrogen-bond acceptors (Lipinski definition) is 3. The molecule has 2 rings (SSSR count). The van der Waals surface area contributed by atoms with Crippen LogP contribution in [0.4, 0.5) is 13.2 Å². The lowest BCUT2D eigenvalue weighted by atomic mass is 9.91. The van der Waals surface area contributed by atoms with E-state index in [1.165, 1.54) is 18.4 Å². The van der Waals surface area contributed by atoms with Gasteiger partial charge in [-0.1, -0.05) is 6.07 Å². The van der Waals surface area contributed by atoms with E-state index in [9.17, 15) is 13.2 Å². The van der Waals surface area contributed by atoms with E-state index in [0.717, 1.165) is 17.7 Å². The van der Waals surface area contributed by atoms with Crippen LogP contribution >= 0.6 is 15.9 Å². The Kier molecular flexibility index (Phi) is 6.41. The first-order valence-electron chi connectivity index (χ1n) is 5.93. The van der Waals surface area contributed by atoms with Crippen molar-refractivity contribution in [1.29, 1.82) is 0 Å². The van der Waals surface area contributed by atoms with E-state index in [1.54, 1.807) is 0 Å². The second kappa shape index (κ2) is 7.58. The van der Waals surface area contributed by atoms with E-state index >= 15 is 0 Å². The summed E-state index contributed by atoms with van der Waals surface area (Å²) < 4.78 is 32.7. The van der Waals surface area contributed by atoms with Gasteiger partial charge in [0.1, 0.15) is 4.60 Å². The smallest absolute Gasteiger partial charge is 0.475 e. The van der Waals surface area contributed by atoms with Crippen molar-refractivity contribution in [2.45, 2.75) is 24.9 Å². The van der Waals surface area contributed by atoms with Crippen LogP contribution in [0.5, 0.6) is 0 Å². The standard InChI is InChI=1S/C10H13BrN2.C2HF3O2/c11-10-2-1-9(7-13-10)8-3-5-12-6-4-8;3-2(4,5)1(6)7/h1-2,7-8,12H,3-6H2;(H,6,7). The Hall–Kier alpha value is -1.15. The van der Waals surface area contributed by atoms with Gasteiger partial charge in [-0.15, -0.1) is 0 Å². The fraction of sp³-hybridized carbons (Fsp3) is 0.500. The van der Waals surface area contributed by atoms with Crippen molar-refractivity contribution in [3.63, 3.8) is 0 Å². The third-order valence-corrected chi connectivity index (χ3v) is 3.27. The van der Waals surface area contributed by atoms with Crippen LogP contribution in [0.3, 0.4) is 0 Å². The summed E-state index contributed by atoms with van der Waals surface area (Å²) in [7, 11) is 0. The molecule has 0 spiro atoms. The van der Waals surface area contributed by atoms with E-state index < -0.39 is 12.1 Å². The van der Waals surface area contributed by atoms with Gasteiger partial charge < -0.3 is 10.4 Å². The van der Waals surface area contributed by atoms with Crippen molar-refractivity contribution in [2.75, 3.05) is 13.1 Å². The molecule has 0 aromatic carbocycles. The SMILES string of the molecule is Brc1ccc(C2CCNCC2)cn1.O=C(O)C(F)(F)F. The molecule has 112 valence electrons. The van der Waals surface area contributed by atoms with E-state index in [-0.39, 0.29) is 0 Å². The first-order chi connectivity index (χ1) is 9.30. The van der Waals surface area contributed by atoms with Gasteiger partial charge in [-0.3, -0.25) is 0 Å². The lowest BCUT2D eigenvalue weighted by molar-refractivity contribution is -0.192. The Labute approximate surface area is 122 Å². The summed E-state index contributed by atoms with van der Waals surface area (Å²) in [6.45, 7) is 2.28. The van der Waals surface area contributed by atoms with Crippen LogP contribution in [0.1, 0.15) is 24.3 Å². The minimum absolute atomic E-state index is 0.710. The highest BCUT2D eigenvalue weighted by atomic mass is 79.9. The normalized spacial score (nSPS) is 16.2. The molecular weight excluding hydrogens is 341 g/mol. The molecule has 0 atom stereocenters. The summed E-state index contributed by atoms with van der Waals surface area (Å²) in [5, 5.41) is 10.5. The molecule has 0 radical (unpaired) electrons. The molecule has 1 saturated heterocycles. The molecule has 0 bridgehead atoms. The Balaban J connectivity index is 0.000000246. The number of rotatable bonds is 1. The Morgan fingerprint density at radius 1 is 1.35 bits per heavy atom. The molecule has 0 amide bonds. The average molecular weight is 355 g/mol. The van der Waals surface area contributed by atoms with E-state index in [4.69, 9.17) is 9.90 Å². The molecule has 0 saturated carbocycles. The van der Waals surface area contributed by atoms with Gasteiger partial charge in [0.05, 0.1) is 0 Å². The molecule has 0 unspecified atom stereocenters. The van der Waals surface area contributed by atoms with Crippen LogP contribution in [0.2, 0.25) is 0 Å². The van der Waals surface area contributed by atoms with Gasteiger partial charge in [0.25, 0.3) is 0 Å². The topological polar surface area (TPSA) is 62.2 Å². The fourth-order valence-corrected chi connectivity index (χ4v) is 2.02. The molecule has 1 aliphatic rings. The van der Waals surface area contributed by atoms with Crippen molar-refractivity contribution < 1.29 is 23.1 Å². The summed E-state index contributed by atoms with van der Waals surface area (Å²) in [5.74, 6) is -2.05. The lowest BCUT2D eigenvalue weighted by Crippen LogP contribution is -2.26. The van der Waals surface area contributed by atoms with Crippen LogP contribution in [0.25, 0.3) is 0 Å². The summed E-state index contributed by atoms with van der Waals surface area (Å²) in [6, 6.07) is 4.20.